The van der Waals surface area contributed by atoms with Gasteiger partial charge in [-0.3, -0.25) is 4.72 Å². The van der Waals surface area contributed by atoms with Crippen molar-refractivity contribution in [3.8, 4) is 0 Å². The zero-order chi connectivity index (χ0) is 15.8. The number of hydrogen-bond acceptors (Lipinski definition) is 5. The summed E-state index contributed by atoms with van der Waals surface area (Å²) in [6.07, 6.45) is 0. The Balaban J connectivity index is 2.53. The molecular formula is C12H11ClN2O5S. The van der Waals surface area contributed by atoms with Gasteiger partial charge in [0.25, 0.3) is 10.0 Å². The Kier molecular flexibility index (Phi) is 3.93. The van der Waals surface area contributed by atoms with E-state index < -0.39 is 26.5 Å². The fourth-order valence-electron chi connectivity index (χ4n) is 1.89. The Labute approximate surface area is 125 Å². The largest absolute Gasteiger partial charge is 0.478 e. The van der Waals surface area contributed by atoms with Crippen LogP contribution < -0.4 is 4.72 Å². The third-order valence-electron chi connectivity index (χ3n) is 2.64. The molecule has 0 amide bonds. The van der Waals surface area contributed by atoms with Crippen molar-refractivity contribution in [1.29, 1.82) is 0 Å². The molecule has 0 radical (unpaired) electrons. The monoisotopic (exact) mass is 330 g/mol. The van der Waals surface area contributed by atoms with Crippen LogP contribution in [0.1, 0.15) is 21.9 Å². The molecule has 0 fully saturated rings. The number of furan rings is 1. The molecule has 0 unspecified atom stereocenters. The smallest absolute Gasteiger partial charge is 0.340 e. The first-order chi connectivity index (χ1) is 9.72. The Morgan fingerprint density at radius 2 is 2.00 bits per heavy atom. The minimum atomic E-state index is -4.16. The van der Waals surface area contributed by atoms with Crippen LogP contribution in [-0.2, 0) is 10.0 Å². The van der Waals surface area contributed by atoms with Gasteiger partial charge in [-0.25, -0.2) is 18.2 Å². The molecule has 0 spiro atoms. The summed E-state index contributed by atoms with van der Waals surface area (Å²) in [4.78, 5) is 14.6. The van der Waals surface area contributed by atoms with Crippen LogP contribution in [0.5, 0.6) is 0 Å². The van der Waals surface area contributed by atoms with Gasteiger partial charge in [-0.2, -0.15) is 0 Å². The molecule has 2 aromatic heterocycles. The second-order valence-electron chi connectivity index (χ2n) is 4.17. The van der Waals surface area contributed by atoms with Gasteiger partial charge in [-0.1, -0.05) is 17.7 Å². The van der Waals surface area contributed by atoms with Gasteiger partial charge in [0.2, 0.25) is 0 Å². The number of halogens is 1. The fraction of sp³-hybridized carbons (Fsp3) is 0.167. The maximum atomic E-state index is 12.4. The van der Waals surface area contributed by atoms with Crippen LogP contribution in [0.2, 0.25) is 5.15 Å². The predicted octanol–water partition coefficient (Wildman–Crippen LogP) is 2.44. The van der Waals surface area contributed by atoms with E-state index in [1.165, 1.54) is 32.0 Å². The molecule has 9 heteroatoms. The number of carboxylic acids is 1. The summed E-state index contributed by atoms with van der Waals surface area (Å²) in [5.41, 5.74) is -0.401. The Bertz CT molecular complexity index is 813. The lowest BCUT2D eigenvalue weighted by Crippen LogP contribution is -2.17. The van der Waals surface area contributed by atoms with E-state index in [0.717, 1.165) is 0 Å². The summed E-state index contributed by atoms with van der Waals surface area (Å²) in [6.45, 7) is 2.76. The number of aryl methyl sites for hydroxylation is 2. The molecule has 0 aliphatic carbocycles. The lowest BCUT2D eigenvalue weighted by molar-refractivity contribution is 0.0691. The highest BCUT2D eigenvalue weighted by molar-refractivity contribution is 7.92. The van der Waals surface area contributed by atoms with Crippen molar-refractivity contribution >= 4 is 33.4 Å². The lowest BCUT2D eigenvalue weighted by atomic mass is 10.2. The number of pyridine rings is 1. The first-order valence-corrected chi connectivity index (χ1v) is 7.57. The van der Waals surface area contributed by atoms with Crippen LogP contribution >= 0.6 is 11.6 Å². The van der Waals surface area contributed by atoms with Crippen molar-refractivity contribution in [2.75, 3.05) is 4.72 Å². The van der Waals surface area contributed by atoms with Crippen LogP contribution in [0.3, 0.4) is 0 Å². The molecule has 0 aliphatic heterocycles. The van der Waals surface area contributed by atoms with Gasteiger partial charge in [0, 0.05) is 0 Å². The van der Waals surface area contributed by atoms with E-state index in [0.29, 0.717) is 0 Å². The van der Waals surface area contributed by atoms with E-state index in [1.54, 1.807) is 0 Å². The summed E-state index contributed by atoms with van der Waals surface area (Å²) in [6, 6.07) is 4.39. The average molecular weight is 331 g/mol. The van der Waals surface area contributed by atoms with Crippen molar-refractivity contribution in [3.63, 3.8) is 0 Å². The van der Waals surface area contributed by atoms with Crippen LogP contribution in [0.15, 0.2) is 27.5 Å². The van der Waals surface area contributed by atoms with Crippen molar-refractivity contribution in [1.82, 2.24) is 4.98 Å². The van der Waals surface area contributed by atoms with E-state index >= 15 is 0 Å². The number of carbonyl (C=O) groups is 1. The normalized spacial score (nSPS) is 11.4. The lowest BCUT2D eigenvalue weighted by Gasteiger charge is -2.07. The molecule has 2 heterocycles. The van der Waals surface area contributed by atoms with E-state index in [9.17, 15) is 13.2 Å². The van der Waals surface area contributed by atoms with Gasteiger partial charge in [0.05, 0.1) is 0 Å². The van der Waals surface area contributed by atoms with E-state index in [-0.39, 0.29) is 22.5 Å². The van der Waals surface area contributed by atoms with Crippen molar-refractivity contribution in [2.45, 2.75) is 18.7 Å². The maximum absolute atomic E-state index is 12.4. The number of carboxylic acid groups (broad SMARTS) is 1. The molecule has 2 aromatic rings. The van der Waals surface area contributed by atoms with Crippen molar-refractivity contribution in [3.05, 3.63) is 40.4 Å². The molecule has 112 valence electrons. The third-order valence-corrected chi connectivity index (χ3v) is 4.36. The molecular weight excluding hydrogens is 320 g/mol. The molecule has 0 bridgehead atoms. The number of aromatic carboxylic acids is 1. The topological polar surface area (TPSA) is 110 Å². The number of nitrogens with zero attached hydrogens (tertiary/aromatic N) is 1. The predicted molar refractivity (Wildman–Crippen MR) is 75.2 cm³/mol. The first kappa shape index (κ1) is 15.3. The summed E-state index contributed by atoms with van der Waals surface area (Å²) < 4.78 is 32.0. The number of hydrogen-bond donors (Lipinski definition) is 2. The summed E-state index contributed by atoms with van der Waals surface area (Å²) in [5.74, 6) is -1.40. The van der Waals surface area contributed by atoms with Crippen LogP contribution in [0, 0.1) is 13.8 Å². The first-order valence-electron chi connectivity index (χ1n) is 5.71. The average Bonchev–Trinajstić information content (AvgIpc) is 2.64. The van der Waals surface area contributed by atoms with Gasteiger partial charge < -0.3 is 9.52 Å². The number of nitrogens with one attached hydrogen (secondary N) is 1. The number of rotatable bonds is 4. The molecule has 7 nitrogen and oxygen atoms in total. The highest BCUT2D eigenvalue weighted by Crippen LogP contribution is 2.28. The minimum absolute atomic E-state index is 0.0134. The third kappa shape index (κ3) is 3.01. The van der Waals surface area contributed by atoms with Gasteiger partial charge in [-0.15, -0.1) is 0 Å². The van der Waals surface area contributed by atoms with Crippen molar-refractivity contribution < 1.29 is 22.7 Å². The zero-order valence-electron chi connectivity index (χ0n) is 11.0. The Morgan fingerprint density at radius 3 is 2.57 bits per heavy atom. The Hall–Kier alpha value is -2.06. The van der Waals surface area contributed by atoms with Gasteiger partial charge in [-0.05, 0) is 26.0 Å². The van der Waals surface area contributed by atoms with Crippen LogP contribution in [0.25, 0.3) is 0 Å². The van der Waals surface area contributed by atoms with Gasteiger partial charge >= 0.3 is 5.97 Å². The summed E-state index contributed by atoms with van der Waals surface area (Å²) >= 11 is 5.68. The molecule has 0 atom stereocenters. The molecule has 21 heavy (non-hydrogen) atoms. The molecule has 2 N–H and O–H groups in total. The second kappa shape index (κ2) is 5.38. The maximum Gasteiger partial charge on any atom is 0.340 e. The highest BCUT2D eigenvalue weighted by atomic mass is 35.5. The van der Waals surface area contributed by atoms with Crippen LogP contribution in [-0.4, -0.2) is 24.5 Å². The molecule has 2 rings (SSSR count). The number of aromatic nitrogens is 1. The molecule has 0 saturated carbocycles. The van der Waals surface area contributed by atoms with E-state index in [1.807, 2.05) is 0 Å². The molecule has 0 aliphatic rings. The SMILES string of the molecule is Cc1oc(C)c(S(=O)(=O)Nc2cccc(Cl)n2)c1C(=O)O. The van der Waals surface area contributed by atoms with Gasteiger partial charge in [0.15, 0.2) is 0 Å². The van der Waals surface area contributed by atoms with Gasteiger partial charge in [0.1, 0.15) is 33.0 Å². The van der Waals surface area contributed by atoms with E-state index in [4.69, 9.17) is 21.1 Å². The number of anilines is 1. The second-order valence-corrected chi connectivity index (χ2v) is 6.18. The summed E-state index contributed by atoms with van der Waals surface area (Å²) in [5, 5.41) is 9.25. The quantitative estimate of drug-likeness (QED) is 0.833. The summed E-state index contributed by atoms with van der Waals surface area (Å²) in [7, 11) is -4.16. The van der Waals surface area contributed by atoms with Crippen LogP contribution in [0.4, 0.5) is 5.82 Å². The van der Waals surface area contributed by atoms with Crippen molar-refractivity contribution in [2.24, 2.45) is 0 Å². The molecule has 0 saturated heterocycles. The fourth-order valence-corrected chi connectivity index (χ4v) is 3.46. The Morgan fingerprint density at radius 1 is 1.33 bits per heavy atom. The number of sulfonamides is 1. The molecule has 0 aromatic carbocycles. The standard InChI is InChI=1S/C12H11ClN2O5S/c1-6-10(12(16)17)11(7(2)20-6)21(18,19)15-9-5-3-4-8(13)14-9/h3-5H,1-2H3,(H,14,15)(H,16,17). The highest BCUT2D eigenvalue weighted by Gasteiger charge is 2.31. The zero-order valence-corrected chi connectivity index (χ0v) is 12.6. The van der Waals surface area contributed by atoms with E-state index in [2.05, 4.69) is 9.71 Å². The minimum Gasteiger partial charge on any atom is -0.478 e.